The van der Waals surface area contributed by atoms with Gasteiger partial charge in [-0.2, -0.15) is 0 Å². The van der Waals surface area contributed by atoms with Gasteiger partial charge in [-0.3, -0.25) is 4.79 Å². The Morgan fingerprint density at radius 3 is 2.52 bits per heavy atom. The van der Waals surface area contributed by atoms with E-state index in [0.717, 1.165) is 5.56 Å². The maximum atomic E-state index is 12.5. The maximum absolute atomic E-state index is 12.5. The van der Waals surface area contributed by atoms with Crippen molar-refractivity contribution in [3.63, 3.8) is 0 Å². The minimum atomic E-state index is -0.862. The van der Waals surface area contributed by atoms with E-state index < -0.39 is 5.54 Å². The molecule has 1 aliphatic heterocycles. The summed E-state index contributed by atoms with van der Waals surface area (Å²) in [6.45, 7) is 2.93. The lowest BCUT2D eigenvalue weighted by molar-refractivity contribution is -0.130. The maximum Gasteiger partial charge on any atom is 0.240 e. The molecule has 0 aromatic heterocycles. The third kappa shape index (κ3) is 4.50. The van der Waals surface area contributed by atoms with E-state index in [0.29, 0.717) is 37.6 Å². The van der Waals surface area contributed by atoms with E-state index in [9.17, 15) is 4.79 Å². The van der Waals surface area contributed by atoms with Crippen molar-refractivity contribution in [1.29, 1.82) is 0 Å². The molecule has 1 fully saturated rings. The molecule has 1 saturated heterocycles. The van der Waals surface area contributed by atoms with Crippen molar-refractivity contribution in [3.8, 4) is 11.5 Å². The Balaban J connectivity index is 0.00000264. The molecule has 2 rings (SSSR count). The van der Waals surface area contributed by atoms with Crippen molar-refractivity contribution < 1.29 is 19.0 Å². The van der Waals surface area contributed by atoms with Crippen molar-refractivity contribution in [3.05, 3.63) is 23.8 Å². The monoisotopic (exact) mass is 344 g/mol. The highest BCUT2D eigenvalue weighted by atomic mass is 35.5. The number of ether oxygens (including phenoxy) is 3. The zero-order valence-electron chi connectivity index (χ0n) is 13.8. The van der Waals surface area contributed by atoms with Crippen LogP contribution in [-0.2, 0) is 9.53 Å². The second-order valence-electron chi connectivity index (χ2n) is 5.57. The van der Waals surface area contributed by atoms with E-state index in [-0.39, 0.29) is 24.4 Å². The van der Waals surface area contributed by atoms with Gasteiger partial charge < -0.3 is 25.3 Å². The Morgan fingerprint density at radius 1 is 1.30 bits per heavy atom. The molecule has 0 saturated carbocycles. The molecule has 3 N–H and O–H groups in total. The molecule has 130 valence electrons. The zero-order chi connectivity index (χ0) is 16.2. The Bertz CT molecular complexity index is 533. The highest BCUT2D eigenvalue weighted by Crippen LogP contribution is 2.30. The van der Waals surface area contributed by atoms with E-state index in [1.807, 2.05) is 25.1 Å². The fraction of sp³-hybridized carbons (Fsp3) is 0.562. The van der Waals surface area contributed by atoms with Gasteiger partial charge in [0.25, 0.3) is 0 Å². The topological polar surface area (TPSA) is 82.8 Å². The van der Waals surface area contributed by atoms with Crippen molar-refractivity contribution in [2.45, 2.75) is 31.3 Å². The molecular weight excluding hydrogens is 320 g/mol. The van der Waals surface area contributed by atoms with Crippen LogP contribution in [0.3, 0.4) is 0 Å². The summed E-state index contributed by atoms with van der Waals surface area (Å²) in [6, 6.07) is 5.26. The summed E-state index contributed by atoms with van der Waals surface area (Å²) in [6.07, 6.45) is 1.06. The Hall–Kier alpha value is -1.50. The molecular formula is C16H25ClN2O4. The first-order valence-electron chi connectivity index (χ1n) is 7.39. The van der Waals surface area contributed by atoms with Gasteiger partial charge in [0.15, 0.2) is 0 Å². The van der Waals surface area contributed by atoms with Crippen molar-refractivity contribution in [2.75, 3.05) is 27.4 Å². The quantitative estimate of drug-likeness (QED) is 0.851. The van der Waals surface area contributed by atoms with Crippen molar-refractivity contribution >= 4 is 18.3 Å². The first-order chi connectivity index (χ1) is 10.5. The van der Waals surface area contributed by atoms with Crippen LogP contribution in [-0.4, -0.2) is 38.9 Å². The summed E-state index contributed by atoms with van der Waals surface area (Å²) >= 11 is 0. The fourth-order valence-corrected chi connectivity index (χ4v) is 2.56. The van der Waals surface area contributed by atoms with Crippen LogP contribution in [0.5, 0.6) is 11.5 Å². The highest BCUT2D eigenvalue weighted by molar-refractivity contribution is 5.86. The van der Waals surface area contributed by atoms with Gasteiger partial charge in [-0.05, 0) is 38.0 Å². The lowest BCUT2D eigenvalue weighted by atomic mass is 9.90. The SMILES string of the molecule is COc1ccc(OC)c(C(C)NC(=O)C2(N)CCOCC2)c1.Cl. The zero-order valence-corrected chi connectivity index (χ0v) is 14.6. The van der Waals surface area contributed by atoms with Crippen LogP contribution >= 0.6 is 12.4 Å². The number of methoxy groups -OCH3 is 2. The number of carbonyl (C=O) groups is 1. The summed E-state index contributed by atoms with van der Waals surface area (Å²) in [5.74, 6) is 1.25. The fourth-order valence-electron chi connectivity index (χ4n) is 2.56. The van der Waals surface area contributed by atoms with Gasteiger partial charge >= 0.3 is 0 Å². The molecule has 1 aromatic rings. The van der Waals surface area contributed by atoms with Gasteiger partial charge in [-0.15, -0.1) is 12.4 Å². The van der Waals surface area contributed by atoms with Gasteiger partial charge in [0, 0.05) is 18.8 Å². The van der Waals surface area contributed by atoms with Gasteiger partial charge in [0.2, 0.25) is 5.91 Å². The molecule has 7 heteroatoms. The molecule has 1 aliphatic rings. The van der Waals surface area contributed by atoms with Gasteiger partial charge in [-0.25, -0.2) is 0 Å². The smallest absolute Gasteiger partial charge is 0.240 e. The lowest BCUT2D eigenvalue weighted by Gasteiger charge is -2.33. The average Bonchev–Trinajstić information content (AvgIpc) is 2.54. The van der Waals surface area contributed by atoms with Gasteiger partial charge in [0.05, 0.1) is 25.8 Å². The number of nitrogens with two attached hydrogens (primary N) is 1. The molecule has 1 unspecified atom stereocenters. The second-order valence-corrected chi connectivity index (χ2v) is 5.57. The van der Waals surface area contributed by atoms with E-state index in [1.54, 1.807) is 14.2 Å². The summed E-state index contributed by atoms with van der Waals surface area (Å²) in [5, 5.41) is 2.98. The van der Waals surface area contributed by atoms with E-state index in [1.165, 1.54) is 0 Å². The van der Waals surface area contributed by atoms with Crippen LogP contribution in [0.1, 0.15) is 31.4 Å². The molecule has 0 aliphatic carbocycles. The molecule has 0 spiro atoms. The molecule has 23 heavy (non-hydrogen) atoms. The minimum Gasteiger partial charge on any atom is -0.497 e. The number of amides is 1. The number of benzene rings is 1. The summed E-state index contributed by atoms with van der Waals surface area (Å²) < 4.78 is 15.9. The van der Waals surface area contributed by atoms with Gasteiger partial charge in [-0.1, -0.05) is 0 Å². The lowest BCUT2D eigenvalue weighted by Crippen LogP contribution is -2.57. The van der Waals surface area contributed by atoms with Crippen LogP contribution in [0, 0.1) is 0 Å². The molecule has 1 amide bonds. The molecule has 1 atom stereocenters. The van der Waals surface area contributed by atoms with Gasteiger partial charge in [0.1, 0.15) is 11.5 Å². The van der Waals surface area contributed by atoms with Crippen molar-refractivity contribution in [2.24, 2.45) is 5.73 Å². The van der Waals surface area contributed by atoms with E-state index in [4.69, 9.17) is 19.9 Å². The highest BCUT2D eigenvalue weighted by Gasteiger charge is 2.36. The average molecular weight is 345 g/mol. The Kier molecular flexibility index (Phi) is 7.12. The number of hydrogen-bond donors (Lipinski definition) is 2. The molecule has 6 nitrogen and oxygen atoms in total. The third-order valence-corrected chi connectivity index (χ3v) is 4.09. The first kappa shape index (κ1) is 19.5. The van der Waals surface area contributed by atoms with E-state index >= 15 is 0 Å². The van der Waals surface area contributed by atoms with E-state index in [2.05, 4.69) is 5.32 Å². The third-order valence-electron chi connectivity index (χ3n) is 4.09. The molecule has 1 heterocycles. The Morgan fingerprint density at radius 2 is 1.96 bits per heavy atom. The minimum absolute atomic E-state index is 0. The number of rotatable bonds is 5. The normalized spacial score (nSPS) is 17.6. The number of hydrogen-bond acceptors (Lipinski definition) is 5. The second kappa shape index (κ2) is 8.38. The predicted molar refractivity (Wildman–Crippen MR) is 90.3 cm³/mol. The van der Waals surface area contributed by atoms with Crippen LogP contribution < -0.4 is 20.5 Å². The number of nitrogens with one attached hydrogen (secondary N) is 1. The summed E-state index contributed by atoms with van der Waals surface area (Å²) in [5.41, 5.74) is 6.20. The van der Waals surface area contributed by atoms with Crippen molar-refractivity contribution in [1.82, 2.24) is 5.32 Å². The molecule has 1 aromatic carbocycles. The molecule has 0 bridgehead atoms. The Labute approximate surface area is 143 Å². The number of carbonyl (C=O) groups excluding carboxylic acids is 1. The first-order valence-corrected chi connectivity index (χ1v) is 7.39. The predicted octanol–water partition coefficient (Wildman–Crippen LogP) is 1.81. The van der Waals surface area contributed by atoms with Crippen LogP contribution in [0.2, 0.25) is 0 Å². The molecule has 0 radical (unpaired) electrons. The van der Waals surface area contributed by atoms with Crippen LogP contribution in [0.25, 0.3) is 0 Å². The largest absolute Gasteiger partial charge is 0.497 e. The standard InChI is InChI=1S/C16H24N2O4.ClH/c1-11(13-10-12(20-2)4-5-14(13)21-3)18-15(19)16(17)6-8-22-9-7-16;/h4-5,10-11H,6-9,17H2,1-3H3,(H,18,19);1H. The summed E-state index contributed by atoms with van der Waals surface area (Å²) in [4.78, 5) is 12.5. The number of halogens is 1. The summed E-state index contributed by atoms with van der Waals surface area (Å²) in [7, 11) is 3.20. The van der Waals surface area contributed by atoms with Crippen LogP contribution in [0.15, 0.2) is 18.2 Å². The van der Waals surface area contributed by atoms with Crippen LogP contribution in [0.4, 0.5) is 0 Å².